The molecule has 1 aromatic heterocycles. The normalized spacial score (nSPS) is 11.6. The first-order chi connectivity index (χ1) is 18.2. The van der Waals surface area contributed by atoms with E-state index in [1.807, 2.05) is 13.0 Å². The summed E-state index contributed by atoms with van der Waals surface area (Å²) in [7, 11) is 2.85. The molecule has 6 nitrogen and oxygen atoms in total. The molecule has 0 saturated carbocycles. The Balaban J connectivity index is 1.68. The van der Waals surface area contributed by atoms with E-state index in [2.05, 4.69) is 0 Å². The molecule has 0 aliphatic heterocycles. The highest BCUT2D eigenvalue weighted by Crippen LogP contribution is 2.35. The number of halogens is 2. The van der Waals surface area contributed by atoms with Crippen LogP contribution in [0, 0.1) is 12.7 Å². The molecule has 3 aromatic carbocycles. The Hall–Kier alpha value is -4.23. The van der Waals surface area contributed by atoms with Gasteiger partial charge in [0.05, 0.1) is 12.7 Å². The Morgan fingerprint density at radius 1 is 1.00 bits per heavy atom. The second-order valence-electron chi connectivity index (χ2n) is 8.86. The fourth-order valence-electron chi connectivity index (χ4n) is 4.25. The van der Waals surface area contributed by atoms with Crippen molar-refractivity contribution in [2.24, 2.45) is 7.05 Å². The third-order valence-electron chi connectivity index (χ3n) is 6.25. The molecule has 0 bridgehead atoms. The number of esters is 1. The van der Waals surface area contributed by atoms with Gasteiger partial charge in [0.25, 0.3) is 0 Å². The van der Waals surface area contributed by atoms with Crippen molar-refractivity contribution in [1.82, 2.24) is 4.57 Å². The largest absolute Gasteiger partial charge is 0.465 e. The second kappa shape index (κ2) is 11.4. The molecule has 1 heterocycles. The molecule has 0 N–H and O–H groups in total. The topological polar surface area (TPSA) is 74.6 Å². The number of benzene rings is 3. The third kappa shape index (κ3) is 6.01. The minimum atomic E-state index is -0.628. The third-order valence-corrected chi connectivity index (χ3v) is 6.48. The first-order valence-electron chi connectivity index (χ1n) is 11.8. The number of pyridine rings is 1. The summed E-state index contributed by atoms with van der Waals surface area (Å²) in [5.41, 5.74) is 2.69. The van der Waals surface area contributed by atoms with Gasteiger partial charge in [0.15, 0.2) is 17.3 Å². The first kappa shape index (κ1) is 26.8. The average Bonchev–Trinajstić information content (AvgIpc) is 2.90. The second-order valence-corrected chi connectivity index (χ2v) is 9.30. The monoisotopic (exact) mass is 533 g/mol. The molecule has 0 aliphatic carbocycles. The van der Waals surface area contributed by atoms with Crippen molar-refractivity contribution in [3.63, 3.8) is 0 Å². The molecule has 4 aromatic rings. The number of hydrogen-bond acceptors (Lipinski definition) is 5. The quantitative estimate of drug-likeness (QED) is 0.192. The van der Waals surface area contributed by atoms with Gasteiger partial charge in [0.2, 0.25) is 5.56 Å². The van der Waals surface area contributed by atoms with Gasteiger partial charge in [0.1, 0.15) is 5.75 Å². The van der Waals surface area contributed by atoms with Crippen molar-refractivity contribution in [3.05, 3.63) is 128 Å². The van der Waals surface area contributed by atoms with Crippen LogP contribution in [0.25, 0.3) is 0 Å². The fourth-order valence-corrected chi connectivity index (χ4v) is 4.47. The molecule has 0 aliphatic rings. The number of rotatable bonds is 8. The Labute approximate surface area is 224 Å². The van der Waals surface area contributed by atoms with Gasteiger partial charge in [-0.15, -0.1) is 0 Å². The molecular weight excluding hydrogens is 509 g/mol. The minimum Gasteiger partial charge on any atom is -0.465 e. The summed E-state index contributed by atoms with van der Waals surface area (Å²) >= 11 is 6.16. The molecule has 1 unspecified atom stereocenters. The Morgan fingerprint density at radius 3 is 2.47 bits per heavy atom. The highest BCUT2D eigenvalue weighted by atomic mass is 35.5. The van der Waals surface area contributed by atoms with Crippen LogP contribution in [-0.2, 0) is 11.8 Å². The Morgan fingerprint density at radius 2 is 1.79 bits per heavy atom. The lowest BCUT2D eigenvalue weighted by molar-refractivity contribution is 0.0600. The maximum Gasteiger partial charge on any atom is 0.337 e. The van der Waals surface area contributed by atoms with Crippen molar-refractivity contribution in [2.45, 2.75) is 19.3 Å². The zero-order chi connectivity index (χ0) is 27.4. The number of aromatic nitrogens is 1. The smallest absolute Gasteiger partial charge is 0.337 e. The van der Waals surface area contributed by atoms with Crippen LogP contribution in [0.3, 0.4) is 0 Å². The molecule has 0 fully saturated rings. The van der Waals surface area contributed by atoms with E-state index in [-0.39, 0.29) is 34.8 Å². The van der Waals surface area contributed by atoms with E-state index >= 15 is 4.39 Å². The van der Waals surface area contributed by atoms with Crippen LogP contribution >= 0.6 is 11.6 Å². The van der Waals surface area contributed by atoms with Crippen molar-refractivity contribution in [3.8, 4) is 11.5 Å². The number of aryl methyl sites for hydroxylation is 2. The molecule has 8 heteroatoms. The zero-order valence-corrected chi connectivity index (χ0v) is 21.8. The molecule has 4 rings (SSSR count). The standard InChI is InChI=1S/C30H25ClFNO5/c1-18-13-22(31)9-10-24(18)25(16-27(34)21-8-12-29(35)33(2)17-21)19-7-11-28(26(32)15-19)38-23-6-4-5-20(14-23)30(36)37-3/h4-15,17,25H,16H2,1-3H3. The lowest BCUT2D eigenvalue weighted by Crippen LogP contribution is -2.18. The number of methoxy groups -OCH3 is 1. The van der Waals surface area contributed by atoms with Crippen LogP contribution in [0.5, 0.6) is 11.5 Å². The van der Waals surface area contributed by atoms with Crippen molar-refractivity contribution in [2.75, 3.05) is 7.11 Å². The highest BCUT2D eigenvalue weighted by Gasteiger charge is 2.23. The van der Waals surface area contributed by atoms with Gasteiger partial charge in [-0.3, -0.25) is 9.59 Å². The predicted octanol–water partition coefficient (Wildman–Crippen LogP) is 6.47. The molecule has 38 heavy (non-hydrogen) atoms. The van der Waals surface area contributed by atoms with Gasteiger partial charge in [-0.05, 0) is 72.1 Å². The van der Waals surface area contributed by atoms with Gasteiger partial charge in [-0.2, -0.15) is 0 Å². The van der Waals surface area contributed by atoms with Gasteiger partial charge >= 0.3 is 5.97 Å². The molecule has 194 valence electrons. The van der Waals surface area contributed by atoms with Gasteiger partial charge in [-0.25, -0.2) is 9.18 Å². The minimum absolute atomic E-state index is 0.0354. The van der Waals surface area contributed by atoms with E-state index in [9.17, 15) is 14.4 Å². The number of ether oxygens (including phenoxy) is 2. The average molecular weight is 534 g/mol. The molecule has 1 atom stereocenters. The van der Waals surface area contributed by atoms with Crippen LogP contribution in [-0.4, -0.2) is 23.4 Å². The summed E-state index contributed by atoms with van der Waals surface area (Å²) in [4.78, 5) is 36.8. The summed E-state index contributed by atoms with van der Waals surface area (Å²) in [5.74, 6) is -1.60. The molecule has 0 radical (unpaired) electrons. The van der Waals surface area contributed by atoms with E-state index in [0.29, 0.717) is 16.1 Å². The maximum atomic E-state index is 15.3. The Kier molecular flexibility index (Phi) is 8.08. The predicted molar refractivity (Wildman–Crippen MR) is 143 cm³/mol. The van der Waals surface area contributed by atoms with Crippen LogP contribution in [0.2, 0.25) is 5.02 Å². The summed E-state index contributed by atoms with van der Waals surface area (Å²) in [6, 6.07) is 19.0. The number of carbonyl (C=O) groups is 2. The molecular formula is C30H25ClFNO5. The highest BCUT2D eigenvalue weighted by molar-refractivity contribution is 6.30. The van der Waals surface area contributed by atoms with Gasteiger partial charge < -0.3 is 14.0 Å². The first-order valence-corrected chi connectivity index (χ1v) is 12.2. The van der Waals surface area contributed by atoms with Gasteiger partial charge in [0, 0.05) is 42.2 Å². The van der Waals surface area contributed by atoms with E-state index in [0.717, 1.165) is 11.1 Å². The number of Topliss-reactive ketones (excluding diaryl/α,β-unsaturated/α-hetero) is 1. The lowest BCUT2D eigenvalue weighted by Gasteiger charge is -2.21. The molecule has 0 amide bonds. The summed E-state index contributed by atoms with van der Waals surface area (Å²) in [6.45, 7) is 1.88. The van der Waals surface area contributed by atoms with E-state index in [1.54, 1.807) is 43.4 Å². The van der Waals surface area contributed by atoms with E-state index < -0.39 is 17.7 Å². The SMILES string of the molecule is COC(=O)c1cccc(Oc2ccc(C(CC(=O)c3ccc(=O)n(C)c3)c3ccc(Cl)cc3C)cc2F)c1. The van der Waals surface area contributed by atoms with Crippen molar-refractivity contribution < 1.29 is 23.5 Å². The zero-order valence-electron chi connectivity index (χ0n) is 21.0. The lowest BCUT2D eigenvalue weighted by atomic mass is 9.84. The van der Waals surface area contributed by atoms with E-state index in [1.165, 1.54) is 48.2 Å². The summed E-state index contributed by atoms with van der Waals surface area (Å²) < 4.78 is 27.1. The molecule has 0 saturated heterocycles. The fraction of sp³-hybridized carbons (Fsp3) is 0.167. The number of hydrogen-bond donors (Lipinski definition) is 0. The maximum absolute atomic E-state index is 15.3. The van der Waals surface area contributed by atoms with E-state index in [4.69, 9.17) is 21.1 Å². The van der Waals surface area contributed by atoms with Crippen LogP contribution in [0.1, 0.15) is 49.7 Å². The molecule has 0 spiro atoms. The van der Waals surface area contributed by atoms with Crippen LogP contribution in [0.15, 0.2) is 83.8 Å². The number of carbonyl (C=O) groups excluding carboxylic acids is 2. The van der Waals surface area contributed by atoms with Crippen LogP contribution < -0.4 is 10.3 Å². The number of ketones is 1. The number of nitrogens with zero attached hydrogens (tertiary/aromatic N) is 1. The van der Waals surface area contributed by atoms with Gasteiger partial charge in [-0.1, -0.05) is 29.8 Å². The summed E-state index contributed by atoms with van der Waals surface area (Å²) in [5, 5.41) is 0.554. The van der Waals surface area contributed by atoms with Crippen LogP contribution in [0.4, 0.5) is 4.39 Å². The van der Waals surface area contributed by atoms with Crippen molar-refractivity contribution >= 4 is 23.4 Å². The Bertz CT molecular complexity index is 1580. The van der Waals surface area contributed by atoms with Crippen molar-refractivity contribution in [1.29, 1.82) is 0 Å². The summed E-state index contributed by atoms with van der Waals surface area (Å²) in [6.07, 6.45) is 1.54.